The Morgan fingerprint density at radius 1 is 1.40 bits per heavy atom. The van der Waals surface area contributed by atoms with Gasteiger partial charge in [0.1, 0.15) is 5.56 Å². The third-order valence-corrected chi connectivity index (χ3v) is 4.77. The Hall–Kier alpha value is -1.62. The molecule has 2 unspecified atom stereocenters. The highest BCUT2D eigenvalue weighted by molar-refractivity contribution is 5.93. The summed E-state index contributed by atoms with van der Waals surface area (Å²) >= 11 is 0. The van der Waals surface area contributed by atoms with Gasteiger partial charge in [0, 0.05) is 37.5 Å². The van der Waals surface area contributed by atoms with Crippen molar-refractivity contribution in [2.45, 2.75) is 37.7 Å². The van der Waals surface area contributed by atoms with Gasteiger partial charge in [0.15, 0.2) is 5.43 Å². The van der Waals surface area contributed by atoms with Crippen LogP contribution in [-0.2, 0) is 0 Å². The number of carbonyl (C=O) groups excluding carboxylic acids is 1. The van der Waals surface area contributed by atoms with Gasteiger partial charge in [-0.15, -0.1) is 0 Å². The van der Waals surface area contributed by atoms with Crippen molar-refractivity contribution in [1.29, 1.82) is 0 Å². The Kier molecular flexibility index (Phi) is 3.38. The van der Waals surface area contributed by atoms with E-state index in [1.807, 2.05) is 0 Å². The van der Waals surface area contributed by atoms with E-state index in [1.165, 1.54) is 18.5 Å². The topological polar surface area (TPSA) is 73.4 Å². The Morgan fingerprint density at radius 2 is 2.25 bits per heavy atom. The van der Waals surface area contributed by atoms with Crippen molar-refractivity contribution in [3.05, 3.63) is 34.2 Å². The molecule has 1 aliphatic heterocycles. The number of hydrogen-bond acceptors (Lipinski definition) is 3. The zero-order valence-corrected chi connectivity index (χ0v) is 11.5. The molecule has 5 nitrogen and oxygen atoms in total. The maximum atomic E-state index is 12.4. The van der Waals surface area contributed by atoms with Gasteiger partial charge in [-0.25, -0.2) is 0 Å². The molecule has 108 valence electrons. The van der Waals surface area contributed by atoms with Crippen LogP contribution < -0.4 is 5.43 Å². The predicted octanol–water partition coefficient (Wildman–Crippen LogP) is 1.14. The molecule has 5 heteroatoms. The van der Waals surface area contributed by atoms with E-state index in [9.17, 15) is 14.7 Å². The molecule has 1 aromatic rings. The van der Waals surface area contributed by atoms with Crippen LogP contribution in [0, 0.1) is 5.92 Å². The van der Waals surface area contributed by atoms with E-state index in [0.29, 0.717) is 19.5 Å². The number of aromatic nitrogens is 1. The first-order chi connectivity index (χ1) is 9.60. The Labute approximate surface area is 117 Å². The maximum absolute atomic E-state index is 12.4. The Bertz CT molecular complexity index is 568. The molecule has 1 saturated carbocycles. The summed E-state index contributed by atoms with van der Waals surface area (Å²) in [6.07, 6.45) is 7.59. The van der Waals surface area contributed by atoms with Crippen molar-refractivity contribution in [2.24, 2.45) is 5.92 Å². The highest BCUT2D eigenvalue weighted by Gasteiger charge is 2.43. The SMILES string of the molecule is O=C(c1c[nH]ccc1=O)N1CCC2(O)CCCCC2C1. The third-order valence-electron chi connectivity index (χ3n) is 4.77. The summed E-state index contributed by atoms with van der Waals surface area (Å²) < 4.78 is 0. The lowest BCUT2D eigenvalue weighted by molar-refractivity contribution is -0.0886. The second-order valence-corrected chi connectivity index (χ2v) is 5.97. The number of nitrogens with zero attached hydrogens (tertiary/aromatic N) is 1. The van der Waals surface area contributed by atoms with Gasteiger partial charge >= 0.3 is 0 Å². The second-order valence-electron chi connectivity index (χ2n) is 5.97. The minimum Gasteiger partial charge on any atom is -0.389 e. The number of aromatic amines is 1. The summed E-state index contributed by atoms with van der Waals surface area (Å²) in [5, 5.41) is 10.6. The molecule has 0 spiro atoms. The van der Waals surface area contributed by atoms with Crippen LogP contribution in [0.25, 0.3) is 0 Å². The third kappa shape index (κ3) is 2.26. The molecule has 1 saturated heterocycles. The first kappa shape index (κ1) is 13.4. The molecule has 2 fully saturated rings. The number of likely N-dealkylation sites (tertiary alicyclic amines) is 1. The largest absolute Gasteiger partial charge is 0.389 e. The number of fused-ring (bicyclic) bond motifs is 1. The molecule has 1 amide bonds. The van der Waals surface area contributed by atoms with Gasteiger partial charge in [0.05, 0.1) is 5.60 Å². The highest BCUT2D eigenvalue weighted by atomic mass is 16.3. The van der Waals surface area contributed by atoms with E-state index in [1.54, 1.807) is 4.90 Å². The van der Waals surface area contributed by atoms with Crippen molar-refractivity contribution in [1.82, 2.24) is 9.88 Å². The van der Waals surface area contributed by atoms with Crippen molar-refractivity contribution in [3.8, 4) is 0 Å². The van der Waals surface area contributed by atoms with Crippen LogP contribution >= 0.6 is 0 Å². The van der Waals surface area contributed by atoms with E-state index >= 15 is 0 Å². The van der Waals surface area contributed by atoms with Gasteiger partial charge in [0.25, 0.3) is 5.91 Å². The van der Waals surface area contributed by atoms with Gasteiger partial charge in [-0.05, 0) is 19.3 Å². The van der Waals surface area contributed by atoms with Crippen LogP contribution in [0.15, 0.2) is 23.3 Å². The number of hydrogen-bond donors (Lipinski definition) is 2. The van der Waals surface area contributed by atoms with Crippen molar-refractivity contribution in [3.63, 3.8) is 0 Å². The summed E-state index contributed by atoms with van der Waals surface area (Å²) in [6, 6.07) is 1.37. The fraction of sp³-hybridized carbons (Fsp3) is 0.600. The summed E-state index contributed by atoms with van der Waals surface area (Å²) in [6.45, 7) is 1.09. The van der Waals surface area contributed by atoms with Gasteiger partial charge in [0.2, 0.25) is 0 Å². The lowest BCUT2D eigenvalue weighted by Crippen LogP contribution is -2.55. The molecule has 2 atom stereocenters. The molecule has 2 aliphatic rings. The molecule has 1 aliphatic carbocycles. The number of H-pyrrole nitrogens is 1. The number of aliphatic hydroxyl groups is 1. The van der Waals surface area contributed by atoms with Crippen LogP contribution in [0.3, 0.4) is 0 Å². The van der Waals surface area contributed by atoms with Gasteiger partial charge < -0.3 is 15.0 Å². The molecule has 2 heterocycles. The molecule has 0 radical (unpaired) electrons. The first-order valence-electron chi connectivity index (χ1n) is 7.29. The monoisotopic (exact) mass is 276 g/mol. The smallest absolute Gasteiger partial charge is 0.259 e. The molecule has 1 aromatic heterocycles. The average Bonchev–Trinajstić information content (AvgIpc) is 2.46. The van der Waals surface area contributed by atoms with Crippen LogP contribution in [-0.4, -0.2) is 39.6 Å². The lowest BCUT2D eigenvalue weighted by Gasteiger charge is -2.47. The van der Waals surface area contributed by atoms with E-state index < -0.39 is 5.60 Å². The van der Waals surface area contributed by atoms with E-state index in [4.69, 9.17) is 0 Å². The number of pyridine rings is 1. The van der Waals surface area contributed by atoms with Gasteiger partial charge in [-0.2, -0.15) is 0 Å². The van der Waals surface area contributed by atoms with Gasteiger partial charge in [-0.3, -0.25) is 9.59 Å². The summed E-state index contributed by atoms with van der Waals surface area (Å²) in [4.78, 5) is 28.7. The zero-order valence-electron chi connectivity index (χ0n) is 11.5. The predicted molar refractivity (Wildman–Crippen MR) is 74.5 cm³/mol. The maximum Gasteiger partial charge on any atom is 0.259 e. The summed E-state index contributed by atoms with van der Waals surface area (Å²) in [5.74, 6) is -0.0729. The summed E-state index contributed by atoms with van der Waals surface area (Å²) in [5.41, 5.74) is -0.662. The molecule has 3 rings (SSSR count). The molecule has 0 bridgehead atoms. The van der Waals surface area contributed by atoms with Crippen LogP contribution in [0.1, 0.15) is 42.5 Å². The van der Waals surface area contributed by atoms with E-state index in [0.717, 1.165) is 25.7 Å². The van der Waals surface area contributed by atoms with Gasteiger partial charge in [-0.1, -0.05) is 12.8 Å². The number of amides is 1. The highest BCUT2D eigenvalue weighted by Crippen LogP contribution is 2.39. The number of piperidine rings is 1. The standard InChI is InChI=1S/C15H20N2O3/c18-13-4-7-16-9-12(13)14(19)17-8-6-15(20)5-2-1-3-11(15)10-17/h4,7,9,11,20H,1-3,5-6,8,10H2,(H,16,18). The second kappa shape index (κ2) is 5.05. The Balaban J connectivity index is 1.78. The van der Waals surface area contributed by atoms with Crippen molar-refractivity contribution >= 4 is 5.91 Å². The van der Waals surface area contributed by atoms with E-state index in [-0.39, 0.29) is 22.8 Å². The molecule has 20 heavy (non-hydrogen) atoms. The molecule has 0 aromatic carbocycles. The normalized spacial score (nSPS) is 29.9. The fourth-order valence-corrected chi connectivity index (χ4v) is 3.51. The van der Waals surface area contributed by atoms with Crippen molar-refractivity contribution < 1.29 is 9.90 Å². The summed E-state index contributed by atoms with van der Waals surface area (Å²) in [7, 11) is 0. The first-order valence-corrected chi connectivity index (χ1v) is 7.29. The number of nitrogens with one attached hydrogen (secondary N) is 1. The zero-order chi connectivity index (χ0) is 14.2. The van der Waals surface area contributed by atoms with Crippen molar-refractivity contribution in [2.75, 3.05) is 13.1 Å². The number of rotatable bonds is 1. The Morgan fingerprint density at radius 3 is 3.05 bits per heavy atom. The minimum atomic E-state index is -0.599. The minimum absolute atomic E-state index is 0.150. The molecular formula is C15H20N2O3. The van der Waals surface area contributed by atoms with Crippen LogP contribution in [0.5, 0.6) is 0 Å². The average molecular weight is 276 g/mol. The van der Waals surface area contributed by atoms with Crippen LogP contribution in [0.4, 0.5) is 0 Å². The quantitative estimate of drug-likeness (QED) is 0.808. The molecule has 2 N–H and O–H groups in total. The lowest BCUT2D eigenvalue weighted by atomic mass is 9.71. The van der Waals surface area contributed by atoms with Crippen LogP contribution in [0.2, 0.25) is 0 Å². The number of carbonyl (C=O) groups is 1. The fourth-order valence-electron chi connectivity index (χ4n) is 3.51. The molecular weight excluding hydrogens is 256 g/mol. The van der Waals surface area contributed by atoms with E-state index in [2.05, 4.69) is 4.98 Å².